The fourth-order valence-corrected chi connectivity index (χ4v) is 1.65. The Hall–Kier alpha value is -1.45. The molecule has 0 amide bonds. The van der Waals surface area contributed by atoms with Gasteiger partial charge in [0, 0.05) is 6.42 Å². The van der Waals surface area contributed by atoms with Crippen LogP contribution in [0.5, 0.6) is 0 Å². The number of carbonyl (C=O) groups excluding carboxylic acids is 1. The molecule has 1 aromatic carbocycles. The summed E-state index contributed by atoms with van der Waals surface area (Å²) in [7, 11) is 1.24. The predicted octanol–water partition coefficient (Wildman–Crippen LogP) is 2.60. The standard InChI is InChI=1S/C11H10F2O2/c1-15-10(14)8-5-3-2-4-7(8)9-6-11(9,12)13/h2-5,9H,6H2,1H3. The number of hydrogen-bond acceptors (Lipinski definition) is 2. The van der Waals surface area contributed by atoms with Gasteiger partial charge in [-0.05, 0) is 11.6 Å². The number of esters is 1. The van der Waals surface area contributed by atoms with Crippen LogP contribution in [0.4, 0.5) is 8.78 Å². The van der Waals surface area contributed by atoms with Gasteiger partial charge in [-0.2, -0.15) is 0 Å². The highest BCUT2D eigenvalue weighted by Gasteiger charge is 2.58. The van der Waals surface area contributed by atoms with Crippen LogP contribution in [0.15, 0.2) is 24.3 Å². The molecule has 1 aliphatic rings. The van der Waals surface area contributed by atoms with E-state index in [-0.39, 0.29) is 12.0 Å². The van der Waals surface area contributed by atoms with E-state index in [2.05, 4.69) is 4.74 Å². The molecule has 1 fully saturated rings. The Bertz CT molecular complexity index is 401. The van der Waals surface area contributed by atoms with Crippen molar-refractivity contribution < 1.29 is 18.3 Å². The number of alkyl halides is 2. The zero-order valence-corrected chi connectivity index (χ0v) is 8.17. The van der Waals surface area contributed by atoms with Crippen molar-refractivity contribution in [3.05, 3.63) is 35.4 Å². The van der Waals surface area contributed by atoms with Crippen LogP contribution < -0.4 is 0 Å². The summed E-state index contributed by atoms with van der Waals surface area (Å²) in [4.78, 5) is 11.3. The highest BCUT2D eigenvalue weighted by atomic mass is 19.3. The second kappa shape index (κ2) is 3.29. The number of methoxy groups -OCH3 is 1. The molecule has 0 radical (unpaired) electrons. The summed E-state index contributed by atoms with van der Waals surface area (Å²) >= 11 is 0. The van der Waals surface area contributed by atoms with Gasteiger partial charge in [0.25, 0.3) is 5.92 Å². The van der Waals surface area contributed by atoms with E-state index in [9.17, 15) is 13.6 Å². The molecule has 0 aromatic heterocycles. The summed E-state index contributed by atoms with van der Waals surface area (Å²) in [5, 5.41) is 0. The molecule has 1 aromatic rings. The van der Waals surface area contributed by atoms with Crippen LogP contribution in [-0.2, 0) is 4.74 Å². The van der Waals surface area contributed by atoms with Crippen molar-refractivity contribution in [2.75, 3.05) is 7.11 Å². The molecule has 0 aliphatic heterocycles. The maximum absolute atomic E-state index is 12.9. The summed E-state index contributed by atoms with van der Waals surface area (Å²) < 4.78 is 30.3. The molecule has 1 saturated carbocycles. The first kappa shape index (κ1) is 10.1. The Balaban J connectivity index is 2.36. The van der Waals surface area contributed by atoms with E-state index in [0.717, 1.165) is 0 Å². The first-order chi connectivity index (χ1) is 7.06. The molecule has 0 bridgehead atoms. The lowest BCUT2D eigenvalue weighted by atomic mass is 10.0. The van der Waals surface area contributed by atoms with Crippen LogP contribution in [0.1, 0.15) is 28.3 Å². The number of ether oxygens (including phenoxy) is 1. The fourth-order valence-electron chi connectivity index (χ4n) is 1.65. The number of carbonyl (C=O) groups is 1. The number of hydrogen-bond donors (Lipinski definition) is 0. The molecule has 80 valence electrons. The third-order valence-corrected chi connectivity index (χ3v) is 2.57. The molecule has 0 heterocycles. The zero-order chi connectivity index (χ0) is 11.1. The lowest BCUT2D eigenvalue weighted by molar-refractivity contribution is 0.0598. The molecule has 1 aliphatic carbocycles. The van der Waals surface area contributed by atoms with Crippen molar-refractivity contribution in [3.63, 3.8) is 0 Å². The van der Waals surface area contributed by atoms with Crippen LogP contribution in [0.2, 0.25) is 0 Å². The van der Waals surface area contributed by atoms with E-state index >= 15 is 0 Å². The smallest absolute Gasteiger partial charge is 0.338 e. The predicted molar refractivity (Wildman–Crippen MR) is 50.1 cm³/mol. The highest BCUT2D eigenvalue weighted by Crippen LogP contribution is 2.56. The van der Waals surface area contributed by atoms with E-state index in [1.54, 1.807) is 18.2 Å². The molecular weight excluding hydrogens is 202 g/mol. The third-order valence-electron chi connectivity index (χ3n) is 2.57. The Morgan fingerprint density at radius 1 is 1.47 bits per heavy atom. The van der Waals surface area contributed by atoms with Gasteiger partial charge in [0.2, 0.25) is 0 Å². The minimum Gasteiger partial charge on any atom is -0.465 e. The van der Waals surface area contributed by atoms with Crippen molar-refractivity contribution >= 4 is 5.97 Å². The first-order valence-corrected chi connectivity index (χ1v) is 4.61. The van der Waals surface area contributed by atoms with E-state index in [1.165, 1.54) is 13.2 Å². The Morgan fingerprint density at radius 2 is 2.07 bits per heavy atom. The van der Waals surface area contributed by atoms with Crippen molar-refractivity contribution in [2.45, 2.75) is 18.3 Å². The van der Waals surface area contributed by atoms with E-state index in [0.29, 0.717) is 5.56 Å². The Labute approximate surface area is 85.9 Å². The largest absolute Gasteiger partial charge is 0.465 e. The van der Waals surface area contributed by atoms with Gasteiger partial charge < -0.3 is 4.74 Å². The van der Waals surface area contributed by atoms with Crippen molar-refractivity contribution in [3.8, 4) is 0 Å². The SMILES string of the molecule is COC(=O)c1ccccc1C1CC1(F)F. The van der Waals surface area contributed by atoms with E-state index < -0.39 is 17.8 Å². The maximum Gasteiger partial charge on any atom is 0.338 e. The van der Waals surface area contributed by atoms with Gasteiger partial charge in [0.05, 0.1) is 18.6 Å². The summed E-state index contributed by atoms with van der Waals surface area (Å²) in [6.45, 7) is 0. The summed E-state index contributed by atoms with van der Waals surface area (Å²) in [6.07, 6.45) is -0.180. The van der Waals surface area contributed by atoms with Crippen LogP contribution in [0.25, 0.3) is 0 Å². The van der Waals surface area contributed by atoms with Crippen molar-refractivity contribution in [2.24, 2.45) is 0 Å². The van der Waals surface area contributed by atoms with Gasteiger partial charge in [-0.3, -0.25) is 0 Å². The van der Waals surface area contributed by atoms with Crippen molar-refractivity contribution in [1.82, 2.24) is 0 Å². The molecule has 1 atom stereocenters. The average Bonchev–Trinajstić information content (AvgIpc) is 2.86. The van der Waals surface area contributed by atoms with Crippen molar-refractivity contribution in [1.29, 1.82) is 0 Å². The van der Waals surface area contributed by atoms with E-state index in [1.807, 2.05) is 0 Å². The minimum atomic E-state index is -2.66. The summed E-state index contributed by atoms with van der Waals surface area (Å²) in [6, 6.07) is 6.35. The Kier molecular flexibility index (Phi) is 2.21. The topological polar surface area (TPSA) is 26.3 Å². The van der Waals surface area contributed by atoms with Crippen LogP contribution in [0, 0.1) is 0 Å². The lowest BCUT2D eigenvalue weighted by Gasteiger charge is -2.06. The average molecular weight is 212 g/mol. The summed E-state index contributed by atoms with van der Waals surface area (Å²) in [5.74, 6) is -4.05. The van der Waals surface area contributed by atoms with Gasteiger partial charge in [-0.15, -0.1) is 0 Å². The summed E-state index contributed by atoms with van der Waals surface area (Å²) in [5.41, 5.74) is 0.622. The minimum absolute atomic E-state index is 0.180. The number of rotatable bonds is 2. The molecule has 0 spiro atoms. The fraction of sp³-hybridized carbons (Fsp3) is 0.364. The normalized spacial score (nSPS) is 22.2. The third kappa shape index (κ3) is 1.71. The van der Waals surface area contributed by atoms with Crippen LogP contribution >= 0.6 is 0 Å². The van der Waals surface area contributed by atoms with Gasteiger partial charge in [-0.1, -0.05) is 18.2 Å². The molecule has 2 nitrogen and oxygen atoms in total. The molecule has 15 heavy (non-hydrogen) atoms. The second-order valence-electron chi connectivity index (χ2n) is 3.60. The second-order valence-corrected chi connectivity index (χ2v) is 3.60. The first-order valence-electron chi connectivity index (χ1n) is 4.61. The number of benzene rings is 1. The molecule has 4 heteroatoms. The van der Waals surface area contributed by atoms with Crippen LogP contribution in [0.3, 0.4) is 0 Å². The van der Waals surface area contributed by atoms with Gasteiger partial charge >= 0.3 is 5.97 Å². The molecular formula is C11H10F2O2. The monoisotopic (exact) mass is 212 g/mol. The highest BCUT2D eigenvalue weighted by molar-refractivity contribution is 5.91. The molecule has 0 N–H and O–H groups in total. The maximum atomic E-state index is 12.9. The van der Waals surface area contributed by atoms with E-state index in [4.69, 9.17) is 0 Å². The molecule has 0 saturated heterocycles. The van der Waals surface area contributed by atoms with Gasteiger partial charge in [0.1, 0.15) is 0 Å². The molecule has 1 unspecified atom stereocenters. The molecule has 2 rings (SSSR count). The lowest BCUT2D eigenvalue weighted by Crippen LogP contribution is -2.06. The van der Waals surface area contributed by atoms with Gasteiger partial charge in [0.15, 0.2) is 0 Å². The van der Waals surface area contributed by atoms with Gasteiger partial charge in [-0.25, -0.2) is 13.6 Å². The van der Waals surface area contributed by atoms with Crippen LogP contribution in [-0.4, -0.2) is 19.0 Å². The quantitative estimate of drug-likeness (QED) is 0.704. The Morgan fingerprint density at radius 3 is 2.60 bits per heavy atom. The number of halogens is 2. The zero-order valence-electron chi connectivity index (χ0n) is 8.17.